The van der Waals surface area contributed by atoms with E-state index >= 15 is 0 Å². The maximum Gasteiger partial charge on any atom is 0.330 e. The minimum atomic E-state index is -0.472. The molecule has 0 spiro atoms. The van der Waals surface area contributed by atoms with Crippen LogP contribution >= 0.6 is 0 Å². The number of ether oxygens (including phenoxy) is 4. The van der Waals surface area contributed by atoms with E-state index in [2.05, 4.69) is 33.2 Å². The lowest BCUT2D eigenvalue weighted by Crippen LogP contribution is -2.32. The Hall–Kier alpha value is -2.34. The van der Waals surface area contributed by atoms with Crippen LogP contribution in [-0.4, -0.2) is 45.0 Å². The van der Waals surface area contributed by atoms with Gasteiger partial charge in [-0.1, -0.05) is 33.2 Å². The normalized spacial score (nSPS) is 12.4. The molecule has 158 valence electrons. The average Bonchev–Trinajstić information content (AvgIpc) is 2.69. The summed E-state index contributed by atoms with van der Waals surface area (Å²) in [6.45, 7) is 20.0. The van der Waals surface area contributed by atoms with Crippen molar-refractivity contribution in [2.75, 3.05) is 33.0 Å². The minimum absolute atomic E-state index is 0.168. The summed E-state index contributed by atoms with van der Waals surface area (Å²) in [5.41, 5.74) is 0.544. The van der Waals surface area contributed by atoms with Crippen LogP contribution in [0, 0.1) is 5.41 Å². The zero-order valence-electron chi connectivity index (χ0n) is 17.3. The Bertz CT molecular complexity index is 519. The second-order valence-electron chi connectivity index (χ2n) is 6.60. The molecule has 0 aliphatic heterocycles. The van der Waals surface area contributed by atoms with Crippen LogP contribution in [0.3, 0.4) is 0 Å². The standard InChI is InChI=1S/C22H34O6/c1-7-20(23)26-13-11-10-12-22(9-3,17-28-19(6)18(4)5)16-25-14-15-27-21(24)8-2/h7-8H,1-2,4,6,9-17H2,3,5H3. The maximum atomic E-state index is 11.1. The monoisotopic (exact) mass is 394 g/mol. The predicted octanol–water partition coefficient (Wildman–Crippen LogP) is 4.13. The summed E-state index contributed by atoms with van der Waals surface area (Å²) in [6.07, 6.45) is 5.50. The van der Waals surface area contributed by atoms with Crippen LogP contribution in [0.1, 0.15) is 39.5 Å². The van der Waals surface area contributed by atoms with Crippen LogP contribution in [0.5, 0.6) is 0 Å². The van der Waals surface area contributed by atoms with E-state index in [1.807, 2.05) is 6.92 Å². The summed E-state index contributed by atoms with van der Waals surface area (Å²) in [6, 6.07) is 0. The Kier molecular flexibility index (Phi) is 13.5. The first-order chi connectivity index (χ1) is 13.3. The van der Waals surface area contributed by atoms with Crippen LogP contribution < -0.4 is 0 Å². The highest BCUT2D eigenvalue weighted by molar-refractivity contribution is 5.81. The lowest BCUT2D eigenvalue weighted by Gasteiger charge is -2.33. The van der Waals surface area contributed by atoms with Gasteiger partial charge in [0.1, 0.15) is 12.4 Å². The van der Waals surface area contributed by atoms with Crippen molar-refractivity contribution in [2.24, 2.45) is 5.41 Å². The summed E-state index contributed by atoms with van der Waals surface area (Å²) < 4.78 is 21.5. The molecule has 0 heterocycles. The molecule has 6 heteroatoms. The fourth-order valence-electron chi connectivity index (χ4n) is 2.31. The first kappa shape index (κ1) is 25.7. The molecular weight excluding hydrogens is 360 g/mol. The molecule has 0 saturated heterocycles. The van der Waals surface area contributed by atoms with Crippen LogP contribution in [0.2, 0.25) is 0 Å². The summed E-state index contributed by atoms with van der Waals surface area (Å²) in [7, 11) is 0. The molecule has 0 aromatic heterocycles. The number of hydrogen-bond donors (Lipinski definition) is 0. The van der Waals surface area contributed by atoms with Crippen molar-refractivity contribution >= 4 is 11.9 Å². The van der Waals surface area contributed by atoms with Crippen LogP contribution in [0.25, 0.3) is 0 Å². The van der Waals surface area contributed by atoms with E-state index in [1.165, 1.54) is 0 Å². The van der Waals surface area contributed by atoms with Crippen LogP contribution in [-0.2, 0) is 28.5 Å². The molecular formula is C22H34O6. The predicted molar refractivity (Wildman–Crippen MR) is 110 cm³/mol. The second-order valence-corrected chi connectivity index (χ2v) is 6.60. The molecule has 0 radical (unpaired) electrons. The molecule has 0 aliphatic rings. The highest BCUT2D eigenvalue weighted by Gasteiger charge is 2.29. The van der Waals surface area contributed by atoms with Crippen LogP contribution in [0.15, 0.2) is 49.8 Å². The Labute approximate surface area is 168 Å². The van der Waals surface area contributed by atoms with E-state index in [9.17, 15) is 9.59 Å². The van der Waals surface area contributed by atoms with E-state index in [1.54, 1.807) is 0 Å². The van der Waals surface area contributed by atoms with Crippen molar-refractivity contribution in [1.82, 2.24) is 0 Å². The third-order valence-corrected chi connectivity index (χ3v) is 4.34. The van der Waals surface area contributed by atoms with Gasteiger partial charge in [-0.25, -0.2) is 9.59 Å². The fourth-order valence-corrected chi connectivity index (χ4v) is 2.31. The Morgan fingerprint density at radius 3 is 2.04 bits per heavy atom. The number of esters is 2. The maximum absolute atomic E-state index is 11.1. The first-order valence-electron chi connectivity index (χ1n) is 9.44. The van der Waals surface area contributed by atoms with Crippen molar-refractivity contribution in [3.63, 3.8) is 0 Å². The number of carbonyl (C=O) groups is 2. The van der Waals surface area contributed by atoms with Gasteiger partial charge in [0.25, 0.3) is 0 Å². The van der Waals surface area contributed by atoms with Crippen molar-refractivity contribution in [1.29, 1.82) is 0 Å². The molecule has 28 heavy (non-hydrogen) atoms. The zero-order valence-corrected chi connectivity index (χ0v) is 17.3. The van der Waals surface area contributed by atoms with Gasteiger partial charge in [0.15, 0.2) is 0 Å². The molecule has 0 amide bonds. The number of hydrogen-bond acceptors (Lipinski definition) is 6. The number of rotatable bonds is 17. The number of carbonyl (C=O) groups excluding carboxylic acids is 2. The molecule has 0 rings (SSSR count). The molecule has 0 bridgehead atoms. The Morgan fingerprint density at radius 2 is 1.50 bits per heavy atom. The van der Waals surface area contributed by atoms with E-state index in [-0.39, 0.29) is 12.0 Å². The van der Waals surface area contributed by atoms with E-state index in [0.29, 0.717) is 32.2 Å². The van der Waals surface area contributed by atoms with Gasteiger partial charge in [-0.3, -0.25) is 0 Å². The highest BCUT2D eigenvalue weighted by Crippen LogP contribution is 2.31. The lowest BCUT2D eigenvalue weighted by molar-refractivity contribution is -0.140. The number of unbranched alkanes of at least 4 members (excludes halogenated alkanes) is 1. The first-order valence-corrected chi connectivity index (χ1v) is 9.44. The Balaban J connectivity index is 4.63. The third kappa shape index (κ3) is 11.4. The topological polar surface area (TPSA) is 71.1 Å². The highest BCUT2D eigenvalue weighted by atomic mass is 16.6. The van der Waals surface area contributed by atoms with Gasteiger partial charge in [-0.05, 0) is 38.2 Å². The molecule has 0 aromatic rings. The number of allylic oxidation sites excluding steroid dienone is 1. The van der Waals surface area contributed by atoms with Gasteiger partial charge < -0.3 is 18.9 Å². The third-order valence-electron chi connectivity index (χ3n) is 4.34. The summed E-state index contributed by atoms with van der Waals surface area (Å²) in [5.74, 6) is -0.335. The lowest BCUT2D eigenvalue weighted by atomic mass is 9.81. The summed E-state index contributed by atoms with van der Waals surface area (Å²) >= 11 is 0. The molecule has 0 saturated carbocycles. The molecule has 1 atom stereocenters. The average molecular weight is 395 g/mol. The molecule has 6 nitrogen and oxygen atoms in total. The Morgan fingerprint density at radius 1 is 0.893 bits per heavy atom. The molecule has 0 aliphatic carbocycles. The van der Waals surface area contributed by atoms with E-state index < -0.39 is 11.9 Å². The van der Waals surface area contributed by atoms with Gasteiger partial charge in [0, 0.05) is 17.6 Å². The smallest absolute Gasteiger partial charge is 0.330 e. The van der Waals surface area contributed by atoms with Gasteiger partial charge in [-0.2, -0.15) is 0 Å². The van der Waals surface area contributed by atoms with Gasteiger partial charge in [0.2, 0.25) is 0 Å². The van der Waals surface area contributed by atoms with Crippen LogP contribution in [0.4, 0.5) is 0 Å². The SMILES string of the molecule is C=CC(=O)OCCCCC(CC)(COCCOC(=O)C=C)COC(=C)C(=C)C. The van der Waals surface area contributed by atoms with Gasteiger partial charge in [0.05, 0.1) is 26.4 Å². The van der Waals surface area contributed by atoms with Gasteiger partial charge in [-0.15, -0.1) is 0 Å². The summed E-state index contributed by atoms with van der Waals surface area (Å²) in [4.78, 5) is 22.2. The fraction of sp³-hybridized carbons (Fsp3) is 0.545. The zero-order chi connectivity index (χ0) is 21.4. The van der Waals surface area contributed by atoms with Crippen molar-refractivity contribution < 1.29 is 28.5 Å². The van der Waals surface area contributed by atoms with Gasteiger partial charge >= 0.3 is 11.9 Å². The quantitative estimate of drug-likeness (QED) is 0.121. The molecule has 0 fully saturated rings. The van der Waals surface area contributed by atoms with E-state index in [4.69, 9.17) is 18.9 Å². The van der Waals surface area contributed by atoms with Crippen molar-refractivity contribution in [3.8, 4) is 0 Å². The van der Waals surface area contributed by atoms with Crippen molar-refractivity contribution in [3.05, 3.63) is 49.8 Å². The van der Waals surface area contributed by atoms with Crippen molar-refractivity contribution in [2.45, 2.75) is 39.5 Å². The minimum Gasteiger partial charge on any atom is -0.493 e. The molecule has 0 N–H and O–H groups in total. The molecule has 0 aromatic carbocycles. The second kappa shape index (κ2) is 14.7. The largest absolute Gasteiger partial charge is 0.493 e. The summed E-state index contributed by atoms with van der Waals surface area (Å²) in [5, 5.41) is 0. The molecule has 1 unspecified atom stereocenters. The van der Waals surface area contributed by atoms with E-state index in [0.717, 1.165) is 43.4 Å².